The summed E-state index contributed by atoms with van der Waals surface area (Å²) < 4.78 is 15.4. The van der Waals surface area contributed by atoms with Crippen molar-refractivity contribution in [3.8, 4) is 0 Å². The van der Waals surface area contributed by atoms with E-state index in [4.69, 9.17) is 19.6 Å². The van der Waals surface area contributed by atoms with Crippen LogP contribution in [-0.2, 0) is 14.1 Å². The fraction of sp³-hybridized carbons (Fsp3) is 0.857. The second-order valence-electron chi connectivity index (χ2n) is 3.72. The molecule has 0 aliphatic carbocycles. The minimum absolute atomic E-state index is 0.509. The Kier molecular flexibility index (Phi) is 5.20. The Morgan fingerprint density at radius 2 is 1.89 bits per heavy atom. The van der Waals surface area contributed by atoms with Gasteiger partial charge in [-0.25, -0.2) is 4.57 Å². The van der Waals surface area contributed by atoms with Crippen molar-refractivity contribution in [2.75, 3.05) is 13.2 Å². The van der Waals surface area contributed by atoms with Crippen LogP contribution >= 0.6 is 7.75 Å². The SMILES string of the molecule is O=C(CNC1O[C@H](CO)[C@@H](O)[C@H]1O)NP(=O)(O)O. The maximum atomic E-state index is 11.0. The minimum Gasteiger partial charge on any atom is -0.394 e. The number of aliphatic hydroxyl groups is 3. The molecular formula is C7H15N2O8P. The van der Waals surface area contributed by atoms with E-state index in [0.29, 0.717) is 0 Å². The van der Waals surface area contributed by atoms with Gasteiger partial charge in [-0.1, -0.05) is 0 Å². The third kappa shape index (κ3) is 4.26. The molecule has 0 aromatic rings. The molecule has 1 amide bonds. The molecule has 1 heterocycles. The van der Waals surface area contributed by atoms with E-state index in [-0.39, 0.29) is 0 Å². The van der Waals surface area contributed by atoms with Crippen LogP contribution in [0.2, 0.25) is 0 Å². The number of rotatable bonds is 5. The van der Waals surface area contributed by atoms with Gasteiger partial charge in [-0.15, -0.1) is 0 Å². The molecule has 1 aliphatic heterocycles. The standard InChI is InChI=1S/C7H15N2O8P/c10-2-3-5(12)6(13)7(17-3)8-1-4(11)9-18(14,15)16/h3,5-8,10,12-13H,1-2H2,(H3,9,11,14,15,16)/t3-,5-,6-,7?/m1/s1. The van der Waals surface area contributed by atoms with E-state index in [2.05, 4.69) is 5.32 Å². The van der Waals surface area contributed by atoms with Gasteiger partial charge in [0, 0.05) is 0 Å². The van der Waals surface area contributed by atoms with Crippen LogP contribution < -0.4 is 10.4 Å². The van der Waals surface area contributed by atoms with E-state index in [1.54, 1.807) is 0 Å². The van der Waals surface area contributed by atoms with E-state index >= 15 is 0 Å². The van der Waals surface area contributed by atoms with Crippen molar-refractivity contribution in [2.45, 2.75) is 24.5 Å². The number of hydrogen-bond acceptors (Lipinski definition) is 7. The van der Waals surface area contributed by atoms with Crippen LogP contribution in [0, 0.1) is 0 Å². The van der Waals surface area contributed by atoms with Crippen LogP contribution in [0.3, 0.4) is 0 Å². The summed E-state index contributed by atoms with van der Waals surface area (Å²) in [6, 6.07) is 0. The number of hydrogen-bond donors (Lipinski definition) is 7. The van der Waals surface area contributed by atoms with Crippen LogP contribution in [0.5, 0.6) is 0 Å². The average molecular weight is 286 g/mol. The van der Waals surface area contributed by atoms with Crippen LogP contribution in [0.25, 0.3) is 0 Å². The van der Waals surface area contributed by atoms with Crippen molar-refractivity contribution >= 4 is 13.7 Å². The van der Waals surface area contributed by atoms with E-state index in [9.17, 15) is 19.6 Å². The molecule has 0 spiro atoms. The Labute approximate surface area is 102 Å². The monoisotopic (exact) mass is 286 g/mol. The predicted molar refractivity (Wildman–Crippen MR) is 55.9 cm³/mol. The molecule has 1 aliphatic rings. The molecule has 0 aromatic heterocycles. The molecule has 7 N–H and O–H groups in total. The quantitative estimate of drug-likeness (QED) is 0.251. The van der Waals surface area contributed by atoms with E-state index < -0.39 is 51.3 Å². The first-order valence-electron chi connectivity index (χ1n) is 4.97. The molecular weight excluding hydrogens is 271 g/mol. The highest BCUT2D eigenvalue weighted by Crippen LogP contribution is 2.27. The van der Waals surface area contributed by atoms with Crippen molar-refractivity contribution in [2.24, 2.45) is 0 Å². The predicted octanol–water partition coefficient (Wildman–Crippen LogP) is -3.78. The zero-order chi connectivity index (χ0) is 13.9. The zero-order valence-corrected chi connectivity index (χ0v) is 10.0. The first-order valence-corrected chi connectivity index (χ1v) is 6.58. The summed E-state index contributed by atoms with van der Waals surface area (Å²) in [5, 5.41) is 31.4. The Morgan fingerprint density at radius 3 is 2.33 bits per heavy atom. The fourth-order valence-corrected chi connectivity index (χ4v) is 1.87. The molecule has 106 valence electrons. The third-order valence-electron chi connectivity index (χ3n) is 2.28. The lowest BCUT2D eigenvalue weighted by molar-refractivity contribution is -0.120. The summed E-state index contributed by atoms with van der Waals surface area (Å²) in [4.78, 5) is 27.9. The van der Waals surface area contributed by atoms with Gasteiger partial charge < -0.3 is 29.8 Å². The fourth-order valence-electron chi connectivity index (χ4n) is 1.46. The molecule has 1 unspecified atom stereocenters. The Bertz CT molecular complexity index is 346. The summed E-state index contributed by atoms with van der Waals surface area (Å²) in [7, 11) is -4.66. The van der Waals surface area contributed by atoms with E-state index in [1.807, 2.05) is 0 Å². The number of amides is 1. The molecule has 1 saturated heterocycles. The number of aliphatic hydroxyl groups excluding tert-OH is 3. The maximum absolute atomic E-state index is 11.0. The van der Waals surface area contributed by atoms with Gasteiger partial charge in [-0.3, -0.25) is 15.2 Å². The lowest BCUT2D eigenvalue weighted by Crippen LogP contribution is -2.44. The van der Waals surface area contributed by atoms with E-state index in [0.717, 1.165) is 0 Å². The lowest BCUT2D eigenvalue weighted by Gasteiger charge is -2.16. The zero-order valence-electron chi connectivity index (χ0n) is 9.13. The van der Waals surface area contributed by atoms with Gasteiger partial charge in [-0.05, 0) is 0 Å². The van der Waals surface area contributed by atoms with Crippen LogP contribution in [0.1, 0.15) is 0 Å². The van der Waals surface area contributed by atoms with Gasteiger partial charge in [-0.2, -0.15) is 0 Å². The molecule has 0 aromatic carbocycles. The van der Waals surface area contributed by atoms with Crippen molar-refractivity contribution in [3.05, 3.63) is 0 Å². The Hall–Kier alpha value is -0.580. The lowest BCUT2D eigenvalue weighted by atomic mass is 10.1. The second-order valence-corrected chi connectivity index (χ2v) is 5.03. The number of nitrogens with one attached hydrogen (secondary N) is 2. The van der Waals surface area contributed by atoms with Crippen LogP contribution in [0.4, 0.5) is 0 Å². The average Bonchev–Trinajstić information content (AvgIpc) is 2.51. The van der Waals surface area contributed by atoms with Gasteiger partial charge in [0.05, 0.1) is 13.2 Å². The van der Waals surface area contributed by atoms with Gasteiger partial charge in [0.15, 0.2) is 0 Å². The number of carbonyl (C=O) groups excluding carboxylic acids is 1. The normalized spacial score (nSPS) is 32.5. The molecule has 0 bridgehead atoms. The molecule has 0 radical (unpaired) electrons. The van der Waals surface area contributed by atoms with Crippen molar-refractivity contribution in [1.29, 1.82) is 0 Å². The highest BCUT2D eigenvalue weighted by atomic mass is 31.2. The summed E-state index contributed by atoms with van der Waals surface area (Å²) >= 11 is 0. The van der Waals surface area contributed by atoms with E-state index in [1.165, 1.54) is 5.09 Å². The Morgan fingerprint density at radius 1 is 1.28 bits per heavy atom. The van der Waals surface area contributed by atoms with Crippen LogP contribution in [-0.4, -0.2) is 68.7 Å². The number of carbonyl (C=O) groups is 1. The largest absolute Gasteiger partial charge is 0.429 e. The maximum Gasteiger partial charge on any atom is 0.429 e. The third-order valence-corrected chi connectivity index (χ3v) is 2.82. The Balaban J connectivity index is 2.41. The van der Waals surface area contributed by atoms with Gasteiger partial charge in [0.25, 0.3) is 0 Å². The molecule has 1 rings (SSSR count). The smallest absolute Gasteiger partial charge is 0.394 e. The molecule has 0 saturated carbocycles. The molecule has 18 heavy (non-hydrogen) atoms. The van der Waals surface area contributed by atoms with Gasteiger partial charge >= 0.3 is 7.75 Å². The van der Waals surface area contributed by atoms with Crippen LogP contribution in [0.15, 0.2) is 0 Å². The molecule has 11 heteroatoms. The summed E-state index contributed by atoms with van der Waals surface area (Å²) in [6.45, 7) is -1.04. The first kappa shape index (κ1) is 15.5. The highest BCUT2D eigenvalue weighted by molar-refractivity contribution is 7.50. The van der Waals surface area contributed by atoms with Crippen molar-refractivity contribution in [1.82, 2.24) is 10.4 Å². The first-order chi connectivity index (χ1) is 8.24. The molecule has 10 nitrogen and oxygen atoms in total. The van der Waals surface area contributed by atoms with Crippen molar-refractivity contribution < 1.29 is 39.2 Å². The van der Waals surface area contributed by atoms with Gasteiger partial charge in [0.1, 0.15) is 24.5 Å². The molecule has 1 fully saturated rings. The van der Waals surface area contributed by atoms with Crippen molar-refractivity contribution in [3.63, 3.8) is 0 Å². The summed E-state index contributed by atoms with van der Waals surface area (Å²) in [5.41, 5.74) is 0. The minimum atomic E-state index is -4.66. The summed E-state index contributed by atoms with van der Waals surface area (Å²) in [5.74, 6) is -0.999. The topological polar surface area (TPSA) is 169 Å². The highest BCUT2D eigenvalue weighted by Gasteiger charge is 2.42. The second kappa shape index (κ2) is 6.04. The summed E-state index contributed by atoms with van der Waals surface area (Å²) in [6.07, 6.45) is -4.76. The van der Waals surface area contributed by atoms with Gasteiger partial charge in [0.2, 0.25) is 5.91 Å². The molecule has 4 atom stereocenters. The number of ether oxygens (including phenoxy) is 1.